The third kappa shape index (κ3) is 4.29. The first-order valence-electron chi connectivity index (χ1n) is 3.32. The van der Waals surface area contributed by atoms with Gasteiger partial charge >= 0.3 is 0 Å². The fourth-order valence-electron chi connectivity index (χ4n) is 0.882. The van der Waals surface area contributed by atoms with E-state index in [1.807, 2.05) is 6.92 Å². The summed E-state index contributed by atoms with van der Waals surface area (Å²) in [5.41, 5.74) is 4.85. The van der Waals surface area contributed by atoms with E-state index in [9.17, 15) is 10.0 Å². The van der Waals surface area contributed by atoms with Crippen molar-refractivity contribution in [3.63, 3.8) is 0 Å². The van der Waals surface area contributed by atoms with Gasteiger partial charge in [-0.15, -0.1) is 0 Å². The molecule has 0 radical (unpaired) electrons. The molecule has 60 valence electrons. The average molecular weight is 146 g/mol. The van der Waals surface area contributed by atoms with Crippen LogP contribution in [0, 0.1) is 5.21 Å². The molecule has 2 N–H and O–H groups in total. The smallest absolute Gasteiger partial charge is 0.272 e. The molecule has 0 saturated carbocycles. The Morgan fingerprint density at radius 3 is 2.50 bits per heavy atom. The van der Waals surface area contributed by atoms with Crippen molar-refractivity contribution in [1.29, 1.82) is 0 Å². The van der Waals surface area contributed by atoms with Crippen molar-refractivity contribution in [3.8, 4) is 0 Å². The lowest BCUT2D eigenvalue weighted by molar-refractivity contribution is -0.852. The molecule has 0 aliphatic carbocycles. The van der Waals surface area contributed by atoms with Crippen LogP contribution in [-0.2, 0) is 4.79 Å². The number of likely N-dealkylation sites (N-methyl/N-ethyl adjacent to an activating group) is 1. The monoisotopic (exact) mass is 146 g/mol. The first kappa shape index (κ1) is 9.39. The molecule has 0 aromatic carbocycles. The summed E-state index contributed by atoms with van der Waals surface area (Å²) >= 11 is 0. The van der Waals surface area contributed by atoms with Crippen molar-refractivity contribution in [2.75, 3.05) is 20.1 Å². The topological polar surface area (TPSA) is 66.2 Å². The molecule has 0 aliphatic rings. The Hall–Kier alpha value is -0.610. The van der Waals surface area contributed by atoms with E-state index in [2.05, 4.69) is 0 Å². The highest BCUT2D eigenvalue weighted by molar-refractivity contribution is 5.74. The minimum atomic E-state index is -0.550. The number of hydroxylamine groups is 3. The maximum absolute atomic E-state index is 11.1. The van der Waals surface area contributed by atoms with Crippen molar-refractivity contribution in [2.45, 2.75) is 13.3 Å². The van der Waals surface area contributed by atoms with Gasteiger partial charge in [-0.05, 0) is 6.42 Å². The van der Waals surface area contributed by atoms with Crippen LogP contribution in [0.5, 0.6) is 0 Å². The summed E-state index contributed by atoms with van der Waals surface area (Å²) in [6.45, 7) is 2.23. The van der Waals surface area contributed by atoms with Gasteiger partial charge in [0.25, 0.3) is 5.91 Å². The molecule has 0 rings (SSSR count). The molecule has 1 amide bonds. The Morgan fingerprint density at radius 2 is 2.20 bits per heavy atom. The number of carbonyl (C=O) groups excluding carboxylic acids is 1. The lowest BCUT2D eigenvalue weighted by Crippen LogP contribution is -2.44. The standard InChI is InChI=1S/C6H14N2O2/c1-3-4-8(2,10)5-6(7)9/h3-5H2,1-2H3,(H2,7,9). The fraction of sp³-hybridized carbons (Fsp3) is 0.833. The molecule has 1 unspecified atom stereocenters. The molecule has 0 aliphatic heterocycles. The van der Waals surface area contributed by atoms with Crippen molar-refractivity contribution in [2.24, 2.45) is 5.73 Å². The summed E-state index contributed by atoms with van der Waals surface area (Å²) in [6.07, 6.45) is 0.771. The molecule has 1 atom stereocenters. The summed E-state index contributed by atoms with van der Waals surface area (Å²) in [5, 5.41) is 11.1. The third-order valence-corrected chi connectivity index (χ3v) is 1.19. The quantitative estimate of drug-likeness (QED) is 0.442. The van der Waals surface area contributed by atoms with E-state index < -0.39 is 10.6 Å². The number of hydrogen-bond donors (Lipinski definition) is 1. The molecule has 0 aromatic heterocycles. The Bertz CT molecular complexity index is 123. The molecule has 0 bridgehead atoms. The second kappa shape index (κ2) is 3.53. The van der Waals surface area contributed by atoms with Crippen LogP contribution < -0.4 is 5.73 Å². The number of rotatable bonds is 4. The van der Waals surface area contributed by atoms with E-state index in [4.69, 9.17) is 5.73 Å². The molecule has 4 nitrogen and oxygen atoms in total. The Balaban J connectivity index is 3.74. The van der Waals surface area contributed by atoms with Gasteiger partial charge in [-0.25, -0.2) is 0 Å². The number of hydrogen-bond acceptors (Lipinski definition) is 2. The van der Waals surface area contributed by atoms with Crippen LogP contribution in [0.2, 0.25) is 0 Å². The van der Waals surface area contributed by atoms with Crippen LogP contribution in [0.15, 0.2) is 0 Å². The van der Waals surface area contributed by atoms with Gasteiger partial charge in [0.1, 0.15) is 0 Å². The maximum atomic E-state index is 11.1. The minimum absolute atomic E-state index is 0.117. The molecule has 0 fully saturated rings. The Kier molecular flexibility index (Phi) is 3.32. The maximum Gasteiger partial charge on any atom is 0.272 e. The zero-order valence-corrected chi connectivity index (χ0v) is 6.46. The molecule has 0 aromatic rings. The highest BCUT2D eigenvalue weighted by Crippen LogP contribution is 1.98. The van der Waals surface area contributed by atoms with E-state index in [1.54, 1.807) is 0 Å². The summed E-state index contributed by atoms with van der Waals surface area (Å²) in [4.78, 5) is 10.3. The van der Waals surface area contributed by atoms with Crippen LogP contribution in [0.3, 0.4) is 0 Å². The summed E-state index contributed by atoms with van der Waals surface area (Å²) in [6, 6.07) is 0. The van der Waals surface area contributed by atoms with Crippen LogP contribution in [0.1, 0.15) is 13.3 Å². The van der Waals surface area contributed by atoms with Crippen molar-refractivity contribution in [3.05, 3.63) is 5.21 Å². The largest absolute Gasteiger partial charge is 0.633 e. The number of amides is 1. The normalized spacial score (nSPS) is 16.3. The van der Waals surface area contributed by atoms with Gasteiger partial charge in [-0.1, -0.05) is 6.92 Å². The number of primary amides is 1. The molecular weight excluding hydrogens is 132 g/mol. The predicted molar refractivity (Wildman–Crippen MR) is 38.8 cm³/mol. The SMILES string of the molecule is CCC[N+](C)([O-])CC(N)=O. The highest BCUT2D eigenvalue weighted by Gasteiger charge is 2.11. The Labute approximate surface area is 60.8 Å². The summed E-state index contributed by atoms with van der Waals surface area (Å²) in [7, 11) is 1.45. The van der Waals surface area contributed by atoms with Crippen molar-refractivity contribution >= 4 is 5.91 Å². The minimum Gasteiger partial charge on any atom is -0.633 e. The second-order valence-electron chi connectivity index (χ2n) is 2.64. The van der Waals surface area contributed by atoms with Crippen LogP contribution in [0.25, 0.3) is 0 Å². The molecular formula is C6H14N2O2. The van der Waals surface area contributed by atoms with Crippen LogP contribution in [0.4, 0.5) is 0 Å². The van der Waals surface area contributed by atoms with E-state index in [1.165, 1.54) is 7.05 Å². The highest BCUT2D eigenvalue weighted by atomic mass is 16.5. The van der Waals surface area contributed by atoms with Gasteiger partial charge in [-0.3, -0.25) is 4.79 Å². The molecule has 10 heavy (non-hydrogen) atoms. The van der Waals surface area contributed by atoms with Gasteiger partial charge in [0, 0.05) is 0 Å². The van der Waals surface area contributed by atoms with Gasteiger partial charge < -0.3 is 15.6 Å². The number of quaternary nitrogens is 1. The third-order valence-electron chi connectivity index (χ3n) is 1.19. The summed E-state index contributed by atoms with van der Waals surface area (Å²) < 4.78 is -0.550. The first-order valence-corrected chi connectivity index (χ1v) is 3.32. The lowest BCUT2D eigenvalue weighted by atomic mass is 10.4. The first-order chi connectivity index (χ1) is 4.48. The number of nitrogens with zero attached hydrogens (tertiary/aromatic N) is 1. The second-order valence-corrected chi connectivity index (χ2v) is 2.64. The molecule has 0 spiro atoms. The zero-order valence-electron chi connectivity index (χ0n) is 6.46. The van der Waals surface area contributed by atoms with Gasteiger partial charge in [0.2, 0.25) is 0 Å². The zero-order chi connectivity index (χ0) is 8.20. The predicted octanol–water partition coefficient (Wildman–Crippen LogP) is -0.174. The molecule has 4 heteroatoms. The average Bonchev–Trinajstić information content (AvgIpc) is 1.59. The van der Waals surface area contributed by atoms with E-state index in [0.717, 1.165) is 6.42 Å². The molecule has 0 heterocycles. The molecule has 0 saturated heterocycles. The number of carbonyl (C=O) groups is 1. The van der Waals surface area contributed by atoms with Gasteiger partial charge in [0.05, 0.1) is 13.6 Å². The van der Waals surface area contributed by atoms with Gasteiger partial charge in [0.15, 0.2) is 6.54 Å². The van der Waals surface area contributed by atoms with Crippen molar-refractivity contribution in [1.82, 2.24) is 0 Å². The van der Waals surface area contributed by atoms with E-state index in [-0.39, 0.29) is 6.54 Å². The van der Waals surface area contributed by atoms with E-state index in [0.29, 0.717) is 6.54 Å². The van der Waals surface area contributed by atoms with Crippen LogP contribution in [-0.4, -0.2) is 30.7 Å². The van der Waals surface area contributed by atoms with E-state index >= 15 is 0 Å². The van der Waals surface area contributed by atoms with Crippen molar-refractivity contribution < 1.29 is 9.44 Å². The summed E-state index contributed by atoms with van der Waals surface area (Å²) in [5.74, 6) is -0.536. The van der Waals surface area contributed by atoms with Crippen LogP contribution >= 0.6 is 0 Å². The Morgan fingerprint density at radius 1 is 1.70 bits per heavy atom. The fourth-order valence-corrected chi connectivity index (χ4v) is 0.882. The van der Waals surface area contributed by atoms with Gasteiger partial charge in [-0.2, -0.15) is 0 Å². The lowest BCUT2D eigenvalue weighted by Gasteiger charge is -2.36. The number of nitrogens with two attached hydrogens (primary N) is 1.